The van der Waals surface area contributed by atoms with Crippen LogP contribution < -0.4 is 0 Å². The van der Waals surface area contributed by atoms with Gasteiger partial charge in [0.05, 0.1) is 13.2 Å². The summed E-state index contributed by atoms with van der Waals surface area (Å²) in [6.45, 7) is 3.18. The van der Waals surface area contributed by atoms with Crippen molar-refractivity contribution < 1.29 is 14.3 Å². The SMILES string of the molecule is CCCCCCCCCCCCCCCCCC(=O)OC[CH]COC. The Morgan fingerprint density at radius 1 is 0.680 bits per heavy atom. The summed E-state index contributed by atoms with van der Waals surface area (Å²) in [4.78, 5) is 11.5. The summed E-state index contributed by atoms with van der Waals surface area (Å²) >= 11 is 0. The van der Waals surface area contributed by atoms with Gasteiger partial charge in [-0.3, -0.25) is 4.79 Å². The Morgan fingerprint density at radius 2 is 1.12 bits per heavy atom. The molecule has 0 saturated carbocycles. The summed E-state index contributed by atoms with van der Waals surface area (Å²) in [6, 6.07) is 0. The van der Waals surface area contributed by atoms with Crippen LogP contribution in [0.4, 0.5) is 0 Å². The van der Waals surface area contributed by atoms with Crippen LogP contribution in [0.2, 0.25) is 0 Å². The third kappa shape index (κ3) is 21.4. The molecule has 0 heterocycles. The molecule has 0 aliphatic heterocycles. The van der Waals surface area contributed by atoms with Crippen molar-refractivity contribution >= 4 is 5.97 Å². The van der Waals surface area contributed by atoms with Crippen molar-refractivity contribution in [2.45, 2.75) is 110 Å². The smallest absolute Gasteiger partial charge is 0.305 e. The van der Waals surface area contributed by atoms with Crippen molar-refractivity contribution in [1.82, 2.24) is 0 Å². The fourth-order valence-corrected chi connectivity index (χ4v) is 3.03. The standard InChI is InChI=1S/C22H43O3/c1-3-4-5-6-7-8-9-10-11-12-13-14-15-16-17-19-22(23)25-21-18-20-24-2/h18H,3-17,19-21H2,1-2H3. The second-order valence-electron chi connectivity index (χ2n) is 7.13. The van der Waals surface area contributed by atoms with Gasteiger partial charge in [-0.1, -0.05) is 96.8 Å². The van der Waals surface area contributed by atoms with Gasteiger partial charge in [0.1, 0.15) is 0 Å². The van der Waals surface area contributed by atoms with Gasteiger partial charge in [-0.05, 0) is 6.42 Å². The van der Waals surface area contributed by atoms with Gasteiger partial charge < -0.3 is 9.47 Å². The quantitative estimate of drug-likeness (QED) is 0.181. The normalized spacial score (nSPS) is 11.0. The van der Waals surface area contributed by atoms with E-state index in [9.17, 15) is 4.79 Å². The van der Waals surface area contributed by atoms with E-state index in [1.807, 2.05) is 6.42 Å². The van der Waals surface area contributed by atoms with Crippen LogP contribution in [-0.2, 0) is 14.3 Å². The van der Waals surface area contributed by atoms with Gasteiger partial charge in [0.25, 0.3) is 0 Å². The van der Waals surface area contributed by atoms with Crippen LogP contribution in [0.1, 0.15) is 110 Å². The third-order valence-corrected chi connectivity index (χ3v) is 4.63. The van der Waals surface area contributed by atoms with Gasteiger partial charge in [0.15, 0.2) is 0 Å². The zero-order chi connectivity index (χ0) is 18.4. The van der Waals surface area contributed by atoms with E-state index >= 15 is 0 Å². The molecule has 0 aromatic rings. The molecule has 0 aromatic carbocycles. The highest BCUT2D eigenvalue weighted by atomic mass is 16.5. The second kappa shape index (κ2) is 21.5. The van der Waals surface area contributed by atoms with Crippen molar-refractivity contribution in [1.29, 1.82) is 0 Å². The lowest BCUT2D eigenvalue weighted by Crippen LogP contribution is -2.07. The van der Waals surface area contributed by atoms with E-state index in [4.69, 9.17) is 9.47 Å². The van der Waals surface area contributed by atoms with Gasteiger partial charge in [0.2, 0.25) is 0 Å². The minimum Gasteiger partial charge on any atom is -0.465 e. The molecule has 25 heavy (non-hydrogen) atoms. The zero-order valence-electron chi connectivity index (χ0n) is 17.0. The van der Waals surface area contributed by atoms with Gasteiger partial charge >= 0.3 is 5.97 Å². The molecule has 149 valence electrons. The molecule has 1 radical (unpaired) electrons. The van der Waals surface area contributed by atoms with Crippen LogP contribution >= 0.6 is 0 Å². The molecular weight excluding hydrogens is 312 g/mol. The van der Waals surface area contributed by atoms with E-state index in [0.29, 0.717) is 19.6 Å². The van der Waals surface area contributed by atoms with Crippen LogP contribution in [-0.4, -0.2) is 26.3 Å². The molecule has 0 bridgehead atoms. The molecule has 3 heteroatoms. The maximum atomic E-state index is 11.5. The van der Waals surface area contributed by atoms with Crippen molar-refractivity contribution in [2.75, 3.05) is 20.3 Å². The number of ether oxygens (including phenoxy) is 2. The Morgan fingerprint density at radius 3 is 1.56 bits per heavy atom. The number of hydrogen-bond donors (Lipinski definition) is 0. The number of unbranched alkanes of at least 4 members (excludes halogenated alkanes) is 14. The summed E-state index contributed by atoms with van der Waals surface area (Å²) in [5.74, 6) is -0.0814. The molecular formula is C22H43O3. The molecule has 0 aliphatic carbocycles. The molecule has 0 aromatic heterocycles. The van der Waals surface area contributed by atoms with Crippen molar-refractivity contribution in [3.05, 3.63) is 6.42 Å². The molecule has 0 aliphatic rings. The van der Waals surface area contributed by atoms with Crippen molar-refractivity contribution in [2.24, 2.45) is 0 Å². The maximum Gasteiger partial charge on any atom is 0.305 e. The molecule has 0 spiro atoms. The Labute approximate surface area is 157 Å². The summed E-state index contributed by atoms with van der Waals surface area (Å²) in [7, 11) is 1.63. The lowest BCUT2D eigenvalue weighted by Gasteiger charge is -2.05. The van der Waals surface area contributed by atoms with Crippen LogP contribution in [0.15, 0.2) is 0 Å². The Kier molecular flexibility index (Phi) is 21.0. The summed E-state index contributed by atoms with van der Waals surface area (Å²) in [6.07, 6.45) is 22.5. The van der Waals surface area contributed by atoms with E-state index in [-0.39, 0.29) is 5.97 Å². The third-order valence-electron chi connectivity index (χ3n) is 4.63. The predicted octanol–water partition coefficient (Wildman–Crippen LogP) is 6.64. The number of carbonyl (C=O) groups is 1. The average Bonchev–Trinajstić information content (AvgIpc) is 2.62. The minimum atomic E-state index is -0.0814. The molecule has 0 atom stereocenters. The maximum absolute atomic E-state index is 11.5. The topological polar surface area (TPSA) is 35.5 Å². The molecule has 0 rings (SSSR count). The molecule has 0 saturated heterocycles. The summed E-state index contributed by atoms with van der Waals surface area (Å²) in [5.41, 5.74) is 0. The summed E-state index contributed by atoms with van der Waals surface area (Å²) < 4.78 is 9.96. The molecule has 0 unspecified atom stereocenters. The number of methoxy groups -OCH3 is 1. The number of carbonyl (C=O) groups excluding carboxylic acids is 1. The average molecular weight is 356 g/mol. The van der Waals surface area contributed by atoms with Crippen molar-refractivity contribution in [3.63, 3.8) is 0 Å². The van der Waals surface area contributed by atoms with Gasteiger partial charge in [-0.2, -0.15) is 0 Å². The largest absolute Gasteiger partial charge is 0.465 e. The number of esters is 1. The fourth-order valence-electron chi connectivity index (χ4n) is 3.03. The molecule has 3 nitrogen and oxygen atoms in total. The van der Waals surface area contributed by atoms with E-state index in [2.05, 4.69) is 6.92 Å². The highest BCUT2D eigenvalue weighted by Gasteiger charge is 2.02. The highest BCUT2D eigenvalue weighted by molar-refractivity contribution is 5.69. The summed E-state index contributed by atoms with van der Waals surface area (Å²) in [5, 5.41) is 0. The molecule has 0 fully saturated rings. The number of hydrogen-bond acceptors (Lipinski definition) is 3. The van der Waals surface area contributed by atoms with Gasteiger partial charge in [-0.25, -0.2) is 0 Å². The first kappa shape index (κ1) is 24.4. The van der Waals surface area contributed by atoms with E-state index < -0.39 is 0 Å². The van der Waals surface area contributed by atoms with Crippen molar-refractivity contribution in [3.8, 4) is 0 Å². The zero-order valence-corrected chi connectivity index (χ0v) is 17.0. The van der Waals surface area contributed by atoms with Crippen LogP contribution in [0.25, 0.3) is 0 Å². The van der Waals surface area contributed by atoms with E-state index in [0.717, 1.165) is 12.8 Å². The van der Waals surface area contributed by atoms with Crippen LogP contribution in [0.5, 0.6) is 0 Å². The first-order valence-electron chi connectivity index (χ1n) is 10.8. The van der Waals surface area contributed by atoms with Gasteiger partial charge in [-0.15, -0.1) is 0 Å². The number of rotatable bonds is 20. The lowest BCUT2D eigenvalue weighted by atomic mass is 10.0. The lowest BCUT2D eigenvalue weighted by molar-refractivity contribution is -0.143. The van der Waals surface area contributed by atoms with Crippen LogP contribution in [0.3, 0.4) is 0 Å². The Balaban J connectivity index is 3.08. The van der Waals surface area contributed by atoms with E-state index in [1.54, 1.807) is 7.11 Å². The van der Waals surface area contributed by atoms with Crippen LogP contribution in [0, 0.1) is 6.42 Å². The Hall–Kier alpha value is -0.570. The highest BCUT2D eigenvalue weighted by Crippen LogP contribution is 2.13. The first-order valence-corrected chi connectivity index (χ1v) is 10.8. The molecule has 0 N–H and O–H groups in total. The molecule has 0 amide bonds. The fraction of sp³-hybridized carbons (Fsp3) is 0.909. The first-order chi connectivity index (χ1) is 12.3. The monoisotopic (exact) mass is 355 g/mol. The van der Waals surface area contributed by atoms with Gasteiger partial charge in [0, 0.05) is 20.0 Å². The predicted molar refractivity (Wildman–Crippen MR) is 107 cm³/mol. The van der Waals surface area contributed by atoms with E-state index in [1.165, 1.54) is 83.5 Å². The Bertz CT molecular complexity index is 266. The minimum absolute atomic E-state index is 0.0814. The second-order valence-corrected chi connectivity index (χ2v) is 7.13.